The third-order valence-corrected chi connectivity index (χ3v) is 7.29. The maximum Gasteiger partial charge on any atom is 0.167 e. The molecule has 2 aromatic carbocycles. The first-order valence-corrected chi connectivity index (χ1v) is 11.9. The number of nitrogens with one attached hydrogen (secondary N) is 1. The minimum atomic E-state index is -1.29. The van der Waals surface area contributed by atoms with Gasteiger partial charge in [0.25, 0.3) is 0 Å². The first kappa shape index (κ1) is 22.5. The fraction of sp³-hybridized carbons (Fsp3) is 0.308. The van der Waals surface area contributed by atoms with Crippen molar-refractivity contribution in [2.24, 2.45) is 0 Å². The Balaban J connectivity index is 1.89. The van der Waals surface area contributed by atoms with Gasteiger partial charge in [0.1, 0.15) is 10.4 Å². The van der Waals surface area contributed by atoms with E-state index >= 15 is 0 Å². The summed E-state index contributed by atoms with van der Waals surface area (Å²) in [5, 5.41) is 5.35. The Morgan fingerprint density at radius 3 is 2.31 bits per heavy atom. The van der Waals surface area contributed by atoms with Crippen LogP contribution in [0.3, 0.4) is 0 Å². The molecule has 0 spiro atoms. The smallest absolute Gasteiger partial charge is 0.167 e. The van der Waals surface area contributed by atoms with Gasteiger partial charge in [-0.1, -0.05) is 61.5 Å². The average molecular weight is 448 g/mol. The number of aromatic nitrogens is 2. The maximum absolute atomic E-state index is 13.3. The molecule has 0 radical (unpaired) electrons. The SMILES string of the molecule is CC(C)(c1ccccn1)C(N[S@@+]([O-])C(C)(C)C)c1ccccc1-c1noc2ccccc12. The van der Waals surface area contributed by atoms with Crippen molar-refractivity contribution in [3.05, 3.63) is 84.2 Å². The highest BCUT2D eigenvalue weighted by atomic mass is 32.2. The van der Waals surface area contributed by atoms with Gasteiger partial charge in [0.15, 0.2) is 5.58 Å². The number of fused-ring (bicyclic) bond motifs is 1. The third-order valence-electron chi connectivity index (χ3n) is 5.73. The monoisotopic (exact) mass is 447 g/mol. The Bertz CT molecular complexity index is 1200. The molecule has 6 heteroatoms. The molecule has 0 aliphatic rings. The number of hydrogen-bond acceptors (Lipinski definition) is 5. The highest BCUT2D eigenvalue weighted by molar-refractivity contribution is 7.90. The molecule has 166 valence electrons. The summed E-state index contributed by atoms with van der Waals surface area (Å²) in [6, 6.07) is 21.6. The lowest BCUT2D eigenvalue weighted by Gasteiger charge is -2.37. The van der Waals surface area contributed by atoms with E-state index in [2.05, 4.69) is 34.8 Å². The summed E-state index contributed by atoms with van der Waals surface area (Å²) in [6.07, 6.45) is 1.80. The van der Waals surface area contributed by atoms with Crippen LogP contribution >= 0.6 is 0 Å². The van der Waals surface area contributed by atoms with E-state index in [4.69, 9.17) is 4.52 Å². The zero-order chi connectivity index (χ0) is 22.9. The van der Waals surface area contributed by atoms with Gasteiger partial charge in [-0.05, 0) is 50.6 Å². The fourth-order valence-electron chi connectivity index (χ4n) is 3.82. The lowest BCUT2D eigenvalue weighted by Crippen LogP contribution is -2.47. The van der Waals surface area contributed by atoms with E-state index in [1.54, 1.807) is 6.20 Å². The van der Waals surface area contributed by atoms with Crippen LogP contribution < -0.4 is 4.72 Å². The average Bonchev–Trinajstić information content (AvgIpc) is 3.21. The molecule has 0 amide bonds. The molecule has 1 unspecified atom stereocenters. The van der Waals surface area contributed by atoms with E-state index in [9.17, 15) is 4.55 Å². The highest BCUT2D eigenvalue weighted by Gasteiger charge is 2.41. The number of nitrogens with zero attached hydrogens (tertiary/aromatic N) is 2. The van der Waals surface area contributed by atoms with Crippen molar-refractivity contribution >= 4 is 22.3 Å². The van der Waals surface area contributed by atoms with Crippen molar-refractivity contribution in [1.29, 1.82) is 0 Å². The Morgan fingerprint density at radius 2 is 1.59 bits per heavy atom. The molecular weight excluding hydrogens is 418 g/mol. The van der Waals surface area contributed by atoms with Crippen LogP contribution in [0.4, 0.5) is 0 Å². The van der Waals surface area contributed by atoms with Gasteiger partial charge >= 0.3 is 0 Å². The normalized spacial score (nSPS) is 14.4. The minimum absolute atomic E-state index is 0.288. The molecule has 2 heterocycles. The molecule has 4 rings (SSSR count). The van der Waals surface area contributed by atoms with Crippen molar-refractivity contribution in [1.82, 2.24) is 14.9 Å². The largest absolute Gasteiger partial charge is 0.598 e. The second-order valence-electron chi connectivity index (χ2n) is 9.48. The van der Waals surface area contributed by atoms with Crippen LogP contribution in [0, 0.1) is 0 Å². The summed E-state index contributed by atoms with van der Waals surface area (Å²) in [5.74, 6) is 0. The van der Waals surface area contributed by atoms with Crippen LogP contribution in [-0.2, 0) is 16.8 Å². The van der Waals surface area contributed by atoms with Crippen LogP contribution in [-0.4, -0.2) is 19.4 Å². The van der Waals surface area contributed by atoms with E-state index in [1.165, 1.54) is 0 Å². The zero-order valence-electron chi connectivity index (χ0n) is 19.1. The Kier molecular flexibility index (Phi) is 6.12. The molecule has 0 fully saturated rings. The van der Waals surface area contributed by atoms with Crippen molar-refractivity contribution in [3.8, 4) is 11.3 Å². The molecule has 0 aliphatic heterocycles. The molecular formula is C26H29N3O2S. The quantitative estimate of drug-likeness (QED) is 0.369. The number of benzene rings is 2. The van der Waals surface area contributed by atoms with Gasteiger partial charge in [0, 0.05) is 39.6 Å². The summed E-state index contributed by atoms with van der Waals surface area (Å²) >= 11 is -1.29. The van der Waals surface area contributed by atoms with Crippen LogP contribution in [0.15, 0.2) is 77.4 Å². The van der Waals surface area contributed by atoms with E-state index in [0.717, 1.165) is 33.5 Å². The van der Waals surface area contributed by atoms with Gasteiger partial charge in [0.2, 0.25) is 0 Å². The van der Waals surface area contributed by atoms with Crippen molar-refractivity contribution in [2.75, 3.05) is 0 Å². The van der Waals surface area contributed by atoms with Crippen molar-refractivity contribution in [2.45, 2.75) is 50.8 Å². The maximum atomic E-state index is 13.3. The Labute approximate surface area is 192 Å². The van der Waals surface area contributed by atoms with Gasteiger partial charge in [-0.15, -0.1) is 4.72 Å². The zero-order valence-corrected chi connectivity index (χ0v) is 19.9. The van der Waals surface area contributed by atoms with E-state index in [-0.39, 0.29) is 6.04 Å². The number of rotatable bonds is 6. The van der Waals surface area contributed by atoms with Gasteiger partial charge in [-0.3, -0.25) is 4.98 Å². The predicted octanol–water partition coefficient (Wildman–Crippen LogP) is 5.96. The third kappa shape index (κ3) is 4.31. The molecule has 0 saturated heterocycles. The molecule has 0 saturated carbocycles. The molecule has 4 aromatic rings. The van der Waals surface area contributed by atoms with Gasteiger partial charge in [-0.25, -0.2) is 0 Å². The van der Waals surface area contributed by atoms with E-state index in [0.29, 0.717) is 0 Å². The second kappa shape index (κ2) is 8.70. The molecule has 2 aromatic heterocycles. The van der Waals surface area contributed by atoms with Crippen molar-refractivity contribution in [3.63, 3.8) is 0 Å². The molecule has 5 nitrogen and oxygen atoms in total. The van der Waals surface area contributed by atoms with E-state index in [1.807, 2.05) is 81.4 Å². The Morgan fingerprint density at radius 1 is 0.906 bits per heavy atom. The standard InChI is InChI=1S/C26H29N3O2S/c1-25(2,3)32(30)29-24(26(4,5)22-16-10-11-17-27-22)19-13-7-6-12-18(19)23-20-14-8-9-15-21(20)31-28-23/h6-17,24,29H,1-5H3/t24?,32-/m0/s1. The van der Waals surface area contributed by atoms with Crippen LogP contribution in [0.1, 0.15) is 51.9 Å². The summed E-state index contributed by atoms with van der Waals surface area (Å²) < 4.78 is 21.9. The predicted molar refractivity (Wildman–Crippen MR) is 130 cm³/mol. The van der Waals surface area contributed by atoms with Crippen molar-refractivity contribution < 1.29 is 9.08 Å². The summed E-state index contributed by atoms with van der Waals surface area (Å²) in [5.41, 5.74) is 3.93. The lowest BCUT2D eigenvalue weighted by atomic mass is 9.76. The van der Waals surface area contributed by atoms with Gasteiger partial charge < -0.3 is 9.08 Å². The minimum Gasteiger partial charge on any atom is -0.598 e. The van der Waals surface area contributed by atoms with Gasteiger partial charge in [-0.2, -0.15) is 0 Å². The summed E-state index contributed by atoms with van der Waals surface area (Å²) in [7, 11) is 0. The van der Waals surface area contributed by atoms with Crippen LogP contribution in [0.5, 0.6) is 0 Å². The van der Waals surface area contributed by atoms with Crippen LogP contribution in [0.25, 0.3) is 22.2 Å². The number of pyridine rings is 1. The first-order valence-electron chi connectivity index (χ1n) is 10.7. The van der Waals surface area contributed by atoms with E-state index < -0.39 is 21.5 Å². The topological polar surface area (TPSA) is 74.0 Å². The molecule has 0 bridgehead atoms. The fourth-order valence-corrected chi connectivity index (χ4v) is 4.81. The number of hydrogen-bond donors (Lipinski definition) is 1. The number of para-hydroxylation sites is 1. The summed E-state index contributed by atoms with van der Waals surface area (Å²) in [4.78, 5) is 4.64. The molecule has 0 aliphatic carbocycles. The van der Waals surface area contributed by atoms with Crippen LogP contribution in [0.2, 0.25) is 0 Å². The first-order chi connectivity index (χ1) is 15.2. The Hall–Kier alpha value is -2.67. The van der Waals surface area contributed by atoms with Gasteiger partial charge in [0.05, 0.1) is 6.04 Å². The molecule has 2 atom stereocenters. The second-order valence-corrected chi connectivity index (χ2v) is 11.5. The molecule has 32 heavy (non-hydrogen) atoms. The summed E-state index contributed by atoms with van der Waals surface area (Å²) in [6.45, 7) is 10.2. The lowest BCUT2D eigenvalue weighted by molar-refractivity contribution is 0.376. The highest BCUT2D eigenvalue weighted by Crippen LogP contribution is 2.42. The molecule has 1 N–H and O–H groups in total.